The van der Waals surface area contributed by atoms with Crippen LogP contribution >= 0.6 is 11.3 Å². The molecule has 2 heterocycles. The van der Waals surface area contributed by atoms with Crippen LogP contribution in [0, 0.1) is 18.7 Å². The van der Waals surface area contributed by atoms with Gasteiger partial charge in [-0.2, -0.15) is 0 Å². The zero-order valence-corrected chi connectivity index (χ0v) is 14.6. The number of likely N-dealkylation sites (tertiary alicyclic amines) is 1. The summed E-state index contributed by atoms with van der Waals surface area (Å²) in [5.41, 5.74) is 7.82. The average molecular weight is 345 g/mol. The normalized spacial score (nSPS) is 19.7. The van der Waals surface area contributed by atoms with Crippen LogP contribution in [0.4, 0.5) is 4.39 Å². The number of nitrogens with two attached hydrogens (primary N) is 1. The van der Waals surface area contributed by atoms with E-state index in [9.17, 15) is 9.18 Å². The van der Waals surface area contributed by atoms with Crippen LogP contribution in [-0.2, 0) is 0 Å². The van der Waals surface area contributed by atoms with Crippen molar-refractivity contribution in [1.29, 1.82) is 0 Å². The van der Waals surface area contributed by atoms with Gasteiger partial charge in [-0.25, -0.2) is 9.37 Å². The van der Waals surface area contributed by atoms with Gasteiger partial charge in [-0.3, -0.25) is 4.79 Å². The molecule has 0 radical (unpaired) electrons. The molecule has 126 valence electrons. The fourth-order valence-electron chi connectivity index (χ4n) is 3.07. The van der Waals surface area contributed by atoms with Crippen molar-refractivity contribution in [3.05, 3.63) is 52.7 Å². The van der Waals surface area contributed by atoms with E-state index in [0.29, 0.717) is 12.2 Å². The summed E-state index contributed by atoms with van der Waals surface area (Å²) >= 11 is 1.44. The number of piperidine rings is 1. The minimum atomic E-state index is -0.300. The number of thiazole rings is 1. The van der Waals surface area contributed by atoms with Crippen molar-refractivity contribution in [1.82, 2.24) is 9.88 Å². The van der Waals surface area contributed by atoms with Gasteiger partial charge in [-0.15, -0.1) is 11.3 Å². The molecule has 0 unspecified atom stereocenters. The highest BCUT2D eigenvalue weighted by molar-refractivity contribution is 7.15. The van der Waals surface area contributed by atoms with Crippen molar-refractivity contribution in [2.75, 3.05) is 6.54 Å². The lowest BCUT2D eigenvalue weighted by molar-refractivity contribution is 0.0757. The maximum Gasteiger partial charge on any atom is 0.278 e. The topological polar surface area (TPSA) is 59.2 Å². The number of aromatic nitrogens is 1. The lowest BCUT2D eigenvalue weighted by atomic mass is 9.95. The van der Waals surface area contributed by atoms with Gasteiger partial charge in [0.1, 0.15) is 11.5 Å². The number of amides is 1. The largest absolute Gasteiger partial charge is 0.403 e. The van der Waals surface area contributed by atoms with Crippen LogP contribution in [0.2, 0.25) is 0 Å². The van der Waals surface area contributed by atoms with E-state index in [1.54, 1.807) is 17.0 Å². The molecule has 1 amide bonds. The average Bonchev–Trinajstić information content (AvgIpc) is 2.96. The number of carbonyl (C=O) groups is 1. The van der Waals surface area contributed by atoms with Gasteiger partial charge in [0.25, 0.3) is 5.91 Å². The number of halogens is 1. The molecule has 1 aromatic carbocycles. The van der Waals surface area contributed by atoms with Crippen molar-refractivity contribution >= 4 is 17.2 Å². The fraction of sp³-hybridized carbons (Fsp3) is 0.333. The van der Waals surface area contributed by atoms with E-state index < -0.39 is 0 Å². The Kier molecular flexibility index (Phi) is 4.66. The van der Waals surface area contributed by atoms with E-state index in [1.807, 2.05) is 6.92 Å². The smallest absolute Gasteiger partial charge is 0.278 e. The Morgan fingerprint density at radius 2 is 2.12 bits per heavy atom. The zero-order valence-electron chi connectivity index (χ0n) is 13.8. The summed E-state index contributed by atoms with van der Waals surface area (Å²) in [6.45, 7) is 4.59. The molecule has 0 bridgehead atoms. The van der Waals surface area contributed by atoms with E-state index in [4.69, 9.17) is 5.73 Å². The van der Waals surface area contributed by atoms with Crippen LogP contribution in [0.5, 0.6) is 0 Å². The zero-order chi connectivity index (χ0) is 17.3. The molecule has 3 rings (SSSR count). The lowest BCUT2D eigenvalue weighted by Gasteiger charge is -2.33. The van der Waals surface area contributed by atoms with E-state index in [0.717, 1.165) is 34.0 Å². The molecule has 0 aliphatic carbocycles. The van der Waals surface area contributed by atoms with Crippen LogP contribution in [0.15, 0.2) is 36.2 Å². The Balaban J connectivity index is 2.00. The summed E-state index contributed by atoms with van der Waals surface area (Å²) in [7, 11) is 0. The van der Waals surface area contributed by atoms with Crippen molar-refractivity contribution in [3.8, 4) is 10.4 Å². The van der Waals surface area contributed by atoms with Gasteiger partial charge >= 0.3 is 0 Å². The van der Waals surface area contributed by atoms with Gasteiger partial charge in [0.05, 0.1) is 9.88 Å². The summed E-state index contributed by atoms with van der Waals surface area (Å²) in [6.07, 6.45) is 3.49. The number of nitrogens with zero attached hydrogens (tertiary/aromatic N) is 2. The van der Waals surface area contributed by atoms with E-state index in [1.165, 1.54) is 29.7 Å². The second-order valence-electron chi connectivity index (χ2n) is 6.01. The first-order valence-electron chi connectivity index (χ1n) is 7.98. The first-order valence-corrected chi connectivity index (χ1v) is 8.80. The SMILES string of the molecule is Cc1nc(C(=O)N2CCC[C@@H](C)/C2=C\N)c(-c2ccc(F)cc2)s1. The van der Waals surface area contributed by atoms with E-state index >= 15 is 0 Å². The predicted molar refractivity (Wildman–Crippen MR) is 93.9 cm³/mol. The third kappa shape index (κ3) is 3.06. The standard InChI is InChI=1S/C18H20FN3OS/c1-11-4-3-9-22(15(11)10-20)18(23)16-17(24-12(2)21-16)13-5-7-14(19)8-6-13/h5-8,10-11H,3-4,9,20H2,1-2H3/b15-10+/t11-/m1/s1. The predicted octanol–water partition coefficient (Wildman–Crippen LogP) is 3.93. The van der Waals surface area contributed by atoms with Crippen molar-refractivity contribution in [2.45, 2.75) is 26.7 Å². The minimum Gasteiger partial charge on any atom is -0.403 e. The molecule has 1 aliphatic rings. The van der Waals surface area contributed by atoms with Gasteiger partial charge in [-0.1, -0.05) is 19.1 Å². The molecule has 2 N–H and O–H groups in total. The van der Waals surface area contributed by atoms with Crippen LogP contribution in [0.3, 0.4) is 0 Å². The number of carbonyl (C=O) groups excluding carboxylic acids is 1. The maximum atomic E-state index is 13.2. The first kappa shape index (κ1) is 16.6. The molecule has 1 saturated heterocycles. The Morgan fingerprint density at radius 1 is 1.42 bits per heavy atom. The minimum absolute atomic E-state index is 0.137. The summed E-state index contributed by atoms with van der Waals surface area (Å²) in [6, 6.07) is 6.15. The van der Waals surface area contributed by atoms with Gasteiger partial charge in [0.2, 0.25) is 0 Å². The van der Waals surface area contributed by atoms with Crippen LogP contribution < -0.4 is 5.73 Å². The van der Waals surface area contributed by atoms with Gasteiger partial charge < -0.3 is 10.6 Å². The monoisotopic (exact) mass is 345 g/mol. The molecule has 6 heteroatoms. The molecule has 1 atom stereocenters. The van der Waals surface area contributed by atoms with Crippen LogP contribution in [0.1, 0.15) is 35.3 Å². The Bertz CT molecular complexity index is 782. The Hall–Kier alpha value is -2.21. The quantitative estimate of drug-likeness (QED) is 0.897. The second kappa shape index (κ2) is 6.73. The third-order valence-electron chi connectivity index (χ3n) is 4.29. The van der Waals surface area contributed by atoms with E-state index in [2.05, 4.69) is 11.9 Å². The Morgan fingerprint density at radius 3 is 2.79 bits per heavy atom. The number of allylic oxidation sites excluding steroid dienone is 1. The van der Waals surface area contributed by atoms with Crippen molar-refractivity contribution < 1.29 is 9.18 Å². The number of hydrogen-bond donors (Lipinski definition) is 1. The second-order valence-corrected chi connectivity index (χ2v) is 7.21. The molecular weight excluding hydrogens is 325 g/mol. The summed E-state index contributed by atoms with van der Waals surface area (Å²) < 4.78 is 13.2. The molecule has 24 heavy (non-hydrogen) atoms. The third-order valence-corrected chi connectivity index (χ3v) is 5.31. The number of benzene rings is 1. The van der Waals surface area contributed by atoms with E-state index in [-0.39, 0.29) is 17.6 Å². The molecule has 0 spiro atoms. The van der Waals surface area contributed by atoms with Gasteiger partial charge in [0.15, 0.2) is 0 Å². The fourth-order valence-corrected chi connectivity index (χ4v) is 3.98. The number of hydrogen-bond acceptors (Lipinski definition) is 4. The highest BCUT2D eigenvalue weighted by Gasteiger charge is 2.30. The van der Waals surface area contributed by atoms with Crippen molar-refractivity contribution in [3.63, 3.8) is 0 Å². The molecule has 2 aromatic rings. The highest BCUT2D eigenvalue weighted by Crippen LogP contribution is 2.34. The molecule has 1 aromatic heterocycles. The summed E-state index contributed by atoms with van der Waals surface area (Å²) in [5.74, 6) is -0.185. The van der Waals surface area contributed by atoms with Crippen molar-refractivity contribution in [2.24, 2.45) is 11.7 Å². The number of rotatable bonds is 2. The summed E-state index contributed by atoms with van der Waals surface area (Å²) in [5, 5.41) is 0.806. The summed E-state index contributed by atoms with van der Waals surface area (Å²) in [4.78, 5) is 20.0. The van der Waals surface area contributed by atoms with Crippen LogP contribution in [-0.4, -0.2) is 22.3 Å². The molecular formula is C18H20FN3OS. The molecule has 0 saturated carbocycles. The van der Waals surface area contributed by atoms with Gasteiger partial charge in [0, 0.05) is 18.4 Å². The molecule has 1 aliphatic heterocycles. The highest BCUT2D eigenvalue weighted by atomic mass is 32.1. The molecule has 4 nitrogen and oxygen atoms in total. The van der Waals surface area contributed by atoms with Gasteiger partial charge in [-0.05, 0) is 43.4 Å². The van der Waals surface area contributed by atoms with Crippen LogP contribution in [0.25, 0.3) is 10.4 Å². The number of aryl methyl sites for hydroxylation is 1. The Labute approximate surface area is 144 Å². The maximum absolute atomic E-state index is 13.2. The first-order chi connectivity index (χ1) is 11.5. The molecule has 1 fully saturated rings. The lowest BCUT2D eigenvalue weighted by Crippen LogP contribution is -2.38.